The average molecular weight is 446 g/mol. The average Bonchev–Trinajstić information content (AvgIpc) is 3.25. The van der Waals surface area contributed by atoms with Crippen molar-refractivity contribution in [1.29, 1.82) is 0 Å². The summed E-state index contributed by atoms with van der Waals surface area (Å²) in [5.41, 5.74) is 7.94. The van der Waals surface area contributed by atoms with Crippen LogP contribution in [0.5, 0.6) is 0 Å². The van der Waals surface area contributed by atoms with Crippen LogP contribution in [0.3, 0.4) is 0 Å². The molecular formula is C23H23N7OS. The summed E-state index contributed by atoms with van der Waals surface area (Å²) < 4.78 is 0. The standard InChI is InChI=1S/C23H23N7OS/c1-29-4-6-30(7-5-29)22-10-15(2-3-25-22)20(31)11-18-8-16-9-19(21-14-28-23(24)32-21)27-13-17(16)12-26-18/h2-3,8-10,12-14H,4-7,11H2,1H3,(H2,24,28). The minimum absolute atomic E-state index is 0.0270. The van der Waals surface area contributed by atoms with Crippen LogP contribution in [0.1, 0.15) is 16.1 Å². The quantitative estimate of drug-likeness (QED) is 0.468. The second-order valence-electron chi connectivity index (χ2n) is 7.95. The third kappa shape index (κ3) is 4.30. The van der Waals surface area contributed by atoms with Crippen molar-refractivity contribution in [2.24, 2.45) is 0 Å². The van der Waals surface area contributed by atoms with Crippen molar-refractivity contribution >= 4 is 38.8 Å². The lowest BCUT2D eigenvalue weighted by Crippen LogP contribution is -2.44. The molecule has 5 rings (SSSR count). The van der Waals surface area contributed by atoms with Crippen LogP contribution < -0.4 is 10.6 Å². The van der Waals surface area contributed by atoms with E-state index in [2.05, 4.69) is 36.8 Å². The fourth-order valence-electron chi connectivity index (χ4n) is 3.79. The lowest BCUT2D eigenvalue weighted by atomic mass is 10.1. The summed E-state index contributed by atoms with van der Waals surface area (Å²) in [6, 6.07) is 7.60. The van der Waals surface area contributed by atoms with Gasteiger partial charge in [-0.2, -0.15) is 0 Å². The number of nitrogens with two attached hydrogens (primary N) is 1. The van der Waals surface area contributed by atoms with Crippen LogP contribution in [0, 0.1) is 0 Å². The Bertz CT molecular complexity index is 1280. The van der Waals surface area contributed by atoms with E-state index in [-0.39, 0.29) is 12.2 Å². The first kappa shape index (κ1) is 20.5. The number of carbonyl (C=O) groups excluding carboxylic acids is 1. The van der Waals surface area contributed by atoms with Gasteiger partial charge in [0, 0.05) is 67.6 Å². The number of thiazole rings is 1. The molecule has 1 fully saturated rings. The summed E-state index contributed by atoms with van der Waals surface area (Å²) >= 11 is 1.40. The molecule has 0 saturated carbocycles. The van der Waals surface area contributed by atoms with Crippen molar-refractivity contribution in [2.75, 3.05) is 43.9 Å². The number of nitrogen functional groups attached to an aromatic ring is 1. The van der Waals surface area contributed by atoms with Gasteiger partial charge in [0.25, 0.3) is 0 Å². The van der Waals surface area contributed by atoms with Crippen molar-refractivity contribution in [3.8, 4) is 10.6 Å². The van der Waals surface area contributed by atoms with E-state index in [1.807, 2.05) is 18.2 Å². The molecule has 4 aromatic rings. The number of carbonyl (C=O) groups is 1. The third-order valence-electron chi connectivity index (χ3n) is 5.67. The van der Waals surface area contributed by atoms with Crippen LogP contribution in [-0.4, -0.2) is 63.8 Å². The first-order valence-electron chi connectivity index (χ1n) is 10.4. The van der Waals surface area contributed by atoms with Gasteiger partial charge < -0.3 is 15.5 Å². The monoisotopic (exact) mass is 445 g/mol. The molecule has 0 aliphatic carbocycles. The molecule has 32 heavy (non-hydrogen) atoms. The zero-order chi connectivity index (χ0) is 22.1. The summed E-state index contributed by atoms with van der Waals surface area (Å²) in [4.78, 5) is 36.0. The van der Waals surface area contributed by atoms with Gasteiger partial charge in [0.15, 0.2) is 10.9 Å². The van der Waals surface area contributed by atoms with Crippen LogP contribution in [-0.2, 0) is 6.42 Å². The number of ketones is 1. The number of Topliss-reactive ketones (excluding diaryl/α,β-unsaturated/α-hetero) is 1. The molecule has 5 heterocycles. The molecule has 0 aromatic carbocycles. The van der Waals surface area contributed by atoms with Crippen molar-refractivity contribution in [1.82, 2.24) is 24.8 Å². The Hall–Kier alpha value is -3.43. The van der Waals surface area contributed by atoms with Gasteiger partial charge in [0.05, 0.1) is 17.0 Å². The highest BCUT2D eigenvalue weighted by molar-refractivity contribution is 7.18. The number of aromatic nitrogens is 4. The molecular weight excluding hydrogens is 422 g/mol. The molecule has 162 valence electrons. The number of likely N-dealkylation sites (N-methyl/N-ethyl adjacent to an activating group) is 1. The maximum absolute atomic E-state index is 13.0. The lowest BCUT2D eigenvalue weighted by Gasteiger charge is -2.33. The van der Waals surface area contributed by atoms with Crippen LogP contribution in [0.25, 0.3) is 21.3 Å². The number of rotatable bonds is 5. The Kier molecular flexibility index (Phi) is 5.50. The lowest BCUT2D eigenvalue weighted by molar-refractivity contribution is 0.0992. The highest BCUT2D eigenvalue weighted by atomic mass is 32.1. The van der Waals surface area contributed by atoms with Crippen LogP contribution in [0.15, 0.2) is 49.1 Å². The van der Waals surface area contributed by atoms with E-state index in [4.69, 9.17) is 5.73 Å². The molecule has 0 unspecified atom stereocenters. The van der Waals surface area contributed by atoms with E-state index >= 15 is 0 Å². The molecule has 1 aliphatic rings. The Morgan fingerprint density at radius 3 is 2.59 bits per heavy atom. The molecule has 1 saturated heterocycles. The van der Waals surface area contributed by atoms with Gasteiger partial charge >= 0.3 is 0 Å². The fourth-order valence-corrected chi connectivity index (χ4v) is 4.44. The SMILES string of the molecule is CN1CCN(c2cc(C(=O)Cc3cc4cc(-c5cnc(N)s5)ncc4cn3)ccn2)CC1. The van der Waals surface area contributed by atoms with Gasteiger partial charge in [0.1, 0.15) is 5.82 Å². The molecule has 0 spiro atoms. The highest BCUT2D eigenvalue weighted by Gasteiger charge is 2.17. The summed E-state index contributed by atoms with van der Waals surface area (Å²) in [5, 5.41) is 2.41. The molecule has 4 aromatic heterocycles. The molecule has 0 atom stereocenters. The molecule has 0 amide bonds. The van der Waals surface area contributed by atoms with E-state index in [0.29, 0.717) is 10.7 Å². The van der Waals surface area contributed by atoms with E-state index in [1.165, 1.54) is 11.3 Å². The second kappa shape index (κ2) is 8.60. The third-order valence-corrected chi connectivity index (χ3v) is 6.52. The molecule has 0 radical (unpaired) electrons. The minimum Gasteiger partial charge on any atom is -0.375 e. The van der Waals surface area contributed by atoms with Crippen molar-refractivity contribution < 1.29 is 4.79 Å². The number of hydrogen-bond donors (Lipinski definition) is 1. The number of nitrogens with zero attached hydrogens (tertiary/aromatic N) is 6. The summed E-state index contributed by atoms with van der Waals surface area (Å²) in [7, 11) is 2.12. The number of fused-ring (bicyclic) bond motifs is 1. The predicted molar refractivity (Wildman–Crippen MR) is 127 cm³/mol. The van der Waals surface area contributed by atoms with Crippen molar-refractivity contribution in [3.05, 3.63) is 60.3 Å². The van der Waals surface area contributed by atoms with E-state index in [0.717, 1.165) is 59.0 Å². The van der Waals surface area contributed by atoms with Crippen molar-refractivity contribution in [2.45, 2.75) is 6.42 Å². The summed E-state index contributed by atoms with van der Waals surface area (Å²) in [5.74, 6) is 0.883. The first-order valence-corrected chi connectivity index (χ1v) is 11.3. The summed E-state index contributed by atoms with van der Waals surface area (Å²) in [6.07, 6.45) is 7.21. The first-order chi connectivity index (χ1) is 15.5. The van der Waals surface area contributed by atoms with Gasteiger partial charge in [-0.3, -0.25) is 14.8 Å². The Balaban J connectivity index is 1.36. The molecule has 2 N–H and O–H groups in total. The van der Waals surface area contributed by atoms with Crippen LogP contribution >= 0.6 is 11.3 Å². The molecule has 1 aliphatic heterocycles. The normalized spacial score (nSPS) is 14.7. The Labute approximate surface area is 189 Å². The van der Waals surface area contributed by atoms with E-state index < -0.39 is 0 Å². The number of anilines is 2. The Morgan fingerprint density at radius 1 is 1.00 bits per heavy atom. The van der Waals surface area contributed by atoms with E-state index in [1.54, 1.807) is 30.9 Å². The zero-order valence-corrected chi connectivity index (χ0v) is 18.5. The minimum atomic E-state index is 0.0270. The maximum Gasteiger partial charge on any atom is 0.180 e. The number of pyridine rings is 3. The molecule has 0 bridgehead atoms. The maximum atomic E-state index is 13.0. The second-order valence-corrected chi connectivity index (χ2v) is 9.01. The van der Waals surface area contributed by atoms with Crippen LogP contribution in [0.2, 0.25) is 0 Å². The van der Waals surface area contributed by atoms with E-state index in [9.17, 15) is 4.79 Å². The number of piperazine rings is 1. The number of hydrogen-bond acceptors (Lipinski definition) is 9. The molecule has 9 heteroatoms. The predicted octanol–water partition coefficient (Wildman–Crippen LogP) is 2.91. The zero-order valence-electron chi connectivity index (χ0n) is 17.7. The summed E-state index contributed by atoms with van der Waals surface area (Å²) in [6.45, 7) is 3.81. The van der Waals surface area contributed by atoms with Crippen molar-refractivity contribution in [3.63, 3.8) is 0 Å². The smallest absolute Gasteiger partial charge is 0.180 e. The van der Waals surface area contributed by atoms with Gasteiger partial charge in [-0.25, -0.2) is 9.97 Å². The van der Waals surface area contributed by atoms with Gasteiger partial charge in [0.2, 0.25) is 0 Å². The Morgan fingerprint density at radius 2 is 1.81 bits per heavy atom. The molecule has 8 nitrogen and oxygen atoms in total. The topological polar surface area (TPSA) is 101 Å². The largest absolute Gasteiger partial charge is 0.375 e. The van der Waals surface area contributed by atoms with Gasteiger partial charge in [-0.1, -0.05) is 11.3 Å². The van der Waals surface area contributed by atoms with Crippen LogP contribution in [0.4, 0.5) is 10.9 Å². The highest BCUT2D eigenvalue weighted by Crippen LogP contribution is 2.28. The van der Waals surface area contributed by atoms with Gasteiger partial charge in [-0.05, 0) is 36.7 Å². The fraction of sp³-hybridized carbons (Fsp3) is 0.261. The van der Waals surface area contributed by atoms with Gasteiger partial charge in [-0.15, -0.1) is 0 Å².